The number of ether oxygens (including phenoxy) is 1. The monoisotopic (exact) mass is 381 g/mol. The largest absolute Gasteiger partial charge is 0.494 e. The van der Waals surface area contributed by atoms with E-state index in [1.165, 1.54) is 0 Å². The maximum atomic E-state index is 5.76. The van der Waals surface area contributed by atoms with Crippen molar-refractivity contribution >= 4 is 22.9 Å². The van der Waals surface area contributed by atoms with Crippen LogP contribution in [0.15, 0.2) is 52.0 Å². The predicted molar refractivity (Wildman–Crippen MR) is 103 cm³/mol. The van der Waals surface area contributed by atoms with Gasteiger partial charge in [0.15, 0.2) is 11.5 Å². The van der Waals surface area contributed by atoms with Gasteiger partial charge in [-0.25, -0.2) is 4.98 Å². The van der Waals surface area contributed by atoms with Crippen molar-refractivity contribution in [3.63, 3.8) is 0 Å². The van der Waals surface area contributed by atoms with Gasteiger partial charge in [-0.05, 0) is 53.6 Å². The van der Waals surface area contributed by atoms with Crippen LogP contribution >= 0.6 is 11.8 Å². The number of para-hydroxylation sites is 2. The van der Waals surface area contributed by atoms with Crippen LogP contribution in [0.1, 0.15) is 17.9 Å². The Hall–Kier alpha value is -2.87. The lowest BCUT2D eigenvalue weighted by Gasteiger charge is -2.10. The third-order valence-electron chi connectivity index (χ3n) is 4.11. The SMILES string of the molecule is COc1ccc(C)cc1-n1nnnc1SCCCc1nc2ccccc2o1. The molecule has 0 spiro atoms. The second kappa shape index (κ2) is 7.79. The molecule has 0 atom stereocenters. The molecule has 4 aromatic rings. The summed E-state index contributed by atoms with van der Waals surface area (Å²) in [5.41, 5.74) is 3.68. The summed E-state index contributed by atoms with van der Waals surface area (Å²) in [7, 11) is 1.64. The van der Waals surface area contributed by atoms with Crippen LogP contribution in [0.3, 0.4) is 0 Å². The van der Waals surface area contributed by atoms with Crippen LogP contribution in [0.5, 0.6) is 5.75 Å². The highest BCUT2D eigenvalue weighted by molar-refractivity contribution is 7.99. The number of thioether (sulfide) groups is 1. The topological polar surface area (TPSA) is 78.9 Å². The molecule has 0 fully saturated rings. The Balaban J connectivity index is 1.41. The molecule has 0 saturated carbocycles. The van der Waals surface area contributed by atoms with E-state index in [1.807, 2.05) is 49.4 Å². The minimum Gasteiger partial charge on any atom is -0.494 e. The number of aryl methyl sites for hydroxylation is 2. The van der Waals surface area contributed by atoms with Gasteiger partial charge in [-0.15, -0.1) is 5.10 Å². The number of benzene rings is 2. The van der Waals surface area contributed by atoms with Crippen LogP contribution in [-0.4, -0.2) is 38.1 Å². The van der Waals surface area contributed by atoms with E-state index < -0.39 is 0 Å². The van der Waals surface area contributed by atoms with E-state index in [9.17, 15) is 0 Å². The van der Waals surface area contributed by atoms with E-state index >= 15 is 0 Å². The van der Waals surface area contributed by atoms with E-state index in [4.69, 9.17) is 9.15 Å². The van der Waals surface area contributed by atoms with Crippen molar-refractivity contribution in [1.29, 1.82) is 0 Å². The summed E-state index contributed by atoms with van der Waals surface area (Å²) in [6, 6.07) is 13.7. The number of hydrogen-bond donors (Lipinski definition) is 0. The summed E-state index contributed by atoms with van der Waals surface area (Å²) < 4.78 is 12.9. The lowest BCUT2D eigenvalue weighted by Crippen LogP contribution is -2.03. The van der Waals surface area contributed by atoms with Crippen molar-refractivity contribution < 1.29 is 9.15 Å². The van der Waals surface area contributed by atoms with Crippen LogP contribution in [0.4, 0.5) is 0 Å². The number of methoxy groups -OCH3 is 1. The highest BCUT2D eigenvalue weighted by Crippen LogP contribution is 2.27. The minimum atomic E-state index is 0.733. The van der Waals surface area contributed by atoms with E-state index in [1.54, 1.807) is 23.6 Å². The van der Waals surface area contributed by atoms with Crippen LogP contribution < -0.4 is 4.74 Å². The van der Waals surface area contributed by atoms with Gasteiger partial charge in [0.2, 0.25) is 5.16 Å². The molecule has 2 aromatic heterocycles. The molecule has 0 bridgehead atoms. The van der Waals surface area contributed by atoms with Gasteiger partial charge in [-0.2, -0.15) is 4.68 Å². The standard InChI is InChI=1S/C19H19N5O2S/c1-13-9-10-17(25-2)15(12-13)24-19(21-22-23-24)27-11-5-8-18-20-14-6-3-4-7-16(14)26-18/h3-4,6-7,9-10,12H,5,8,11H2,1-2H3. The van der Waals surface area contributed by atoms with Crippen molar-refractivity contribution in [3.8, 4) is 11.4 Å². The van der Waals surface area contributed by atoms with Gasteiger partial charge in [-0.3, -0.25) is 0 Å². The van der Waals surface area contributed by atoms with Crippen LogP contribution in [-0.2, 0) is 6.42 Å². The number of hydrogen-bond acceptors (Lipinski definition) is 7. The molecule has 0 N–H and O–H groups in total. The van der Waals surface area contributed by atoms with E-state index in [0.717, 1.165) is 57.7 Å². The van der Waals surface area contributed by atoms with Crippen LogP contribution in [0.25, 0.3) is 16.8 Å². The molecule has 0 amide bonds. The second-order valence-electron chi connectivity index (χ2n) is 6.08. The average Bonchev–Trinajstić information content (AvgIpc) is 3.31. The lowest BCUT2D eigenvalue weighted by molar-refractivity contribution is 0.410. The first kappa shape index (κ1) is 17.5. The van der Waals surface area contributed by atoms with Crippen molar-refractivity contribution in [1.82, 2.24) is 25.2 Å². The molecule has 0 aliphatic heterocycles. The Morgan fingerprint density at radius 1 is 1.19 bits per heavy atom. The summed E-state index contributed by atoms with van der Waals surface area (Å²) in [5.74, 6) is 2.35. The van der Waals surface area contributed by atoms with Crippen molar-refractivity contribution in [2.45, 2.75) is 24.9 Å². The minimum absolute atomic E-state index is 0.733. The first-order chi connectivity index (χ1) is 13.2. The van der Waals surface area contributed by atoms with Crippen molar-refractivity contribution in [2.24, 2.45) is 0 Å². The molecule has 0 aliphatic carbocycles. The van der Waals surface area contributed by atoms with E-state index in [0.29, 0.717) is 0 Å². The fourth-order valence-corrected chi connectivity index (χ4v) is 3.62. The highest BCUT2D eigenvalue weighted by Gasteiger charge is 2.14. The van der Waals surface area contributed by atoms with Crippen LogP contribution in [0.2, 0.25) is 0 Å². The highest BCUT2D eigenvalue weighted by atomic mass is 32.2. The van der Waals surface area contributed by atoms with E-state index in [2.05, 4.69) is 20.5 Å². The Labute approximate surface area is 160 Å². The second-order valence-corrected chi connectivity index (χ2v) is 7.14. The fourth-order valence-electron chi connectivity index (χ4n) is 2.80. The smallest absolute Gasteiger partial charge is 0.214 e. The van der Waals surface area contributed by atoms with Gasteiger partial charge < -0.3 is 9.15 Å². The Bertz CT molecular complexity index is 1030. The molecule has 8 heteroatoms. The zero-order valence-electron chi connectivity index (χ0n) is 15.1. The van der Waals surface area contributed by atoms with Crippen LogP contribution in [0, 0.1) is 6.92 Å². The van der Waals surface area contributed by atoms with Crippen molar-refractivity contribution in [2.75, 3.05) is 12.9 Å². The molecular formula is C19H19N5O2S. The number of rotatable bonds is 7. The summed E-state index contributed by atoms with van der Waals surface area (Å²) in [4.78, 5) is 4.51. The van der Waals surface area contributed by atoms with Gasteiger partial charge in [0, 0.05) is 12.2 Å². The predicted octanol–water partition coefficient (Wildman–Crippen LogP) is 3.85. The van der Waals surface area contributed by atoms with E-state index in [-0.39, 0.29) is 0 Å². The number of aromatic nitrogens is 5. The molecular weight excluding hydrogens is 362 g/mol. The van der Waals surface area contributed by atoms with Gasteiger partial charge in [0.1, 0.15) is 17.0 Å². The summed E-state index contributed by atoms with van der Waals surface area (Å²) in [5, 5.41) is 12.8. The number of fused-ring (bicyclic) bond motifs is 1. The zero-order chi connectivity index (χ0) is 18.6. The van der Waals surface area contributed by atoms with Gasteiger partial charge in [0.05, 0.1) is 7.11 Å². The molecule has 27 heavy (non-hydrogen) atoms. The molecule has 4 rings (SSSR count). The quantitative estimate of drug-likeness (QED) is 0.355. The maximum absolute atomic E-state index is 5.76. The number of oxazole rings is 1. The number of nitrogens with zero attached hydrogens (tertiary/aromatic N) is 5. The normalized spacial score (nSPS) is 11.2. The third kappa shape index (κ3) is 3.80. The summed E-state index contributed by atoms with van der Waals surface area (Å²) in [6.45, 7) is 2.03. The molecule has 7 nitrogen and oxygen atoms in total. The van der Waals surface area contributed by atoms with Gasteiger partial charge >= 0.3 is 0 Å². The molecule has 2 aromatic carbocycles. The Morgan fingerprint density at radius 2 is 2.07 bits per heavy atom. The average molecular weight is 381 g/mol. The summed E-state index contributed by atoms with van der Waals surface area (Å²) >= 11 is 1.60. The van der Waals surface area contributed by atoms with Gasteiger partial charge in [-0.1, -0.05) is 30.0 Å². The first-order valence-corrected chi connectivity index (χ1v) is 9.64. The molecule has 0 radical (unpaired) electrons. The molecule has 0 saturated heterocycles. The van der Waals surface area contributed by atoms with Gasteiger partial charge in [0.25, 0.3) is 0 Å². The molecule has 0 unspecified atom stereocenters. The number of tetrazole rings is 1. The maximum Gasteiger partial charge on any atom is 0.214 e. The molecule has 138 valence electrons. The van der Waals surface area contributed by atoms with Crippen molar-refractivity contribution in [3.05, 3.63) is 53.9 Å². The fraction of sp³-hybridized carbons (Fsp3) is 0.263. The Kier molecular flexibility index (Phi) is 5.06. The molecule has 2 heterocycles. The summed E-state index contributed by atoms with van der Waals surface area (Å²) in [6.07, 6.45) is 1.69. The lowest BCUT2D eigenvalue weighted by atomic mass is 10.2. The molecule has 0 aliphatic rings. The third-order valence-corrected chi connectivity index (χ3v) is 5.11. The zero-order valence-corrected chi connectivity index (χ0v) is 15.9. The Morgan fingerprint density at radius 3 is 2.93 bits per heavy atom. The first-order valence-electron chi connectivity index (χ1n) is 8.65.